The van der Waals surface area contributed by atoms with Gasteiger partial charge < -0.3 is 10.1 Å². The molecule has 7 heteroatoms. The van der Waals surface area contributed by atoms with Crippen LogP contribution in [0, 0.1) is 12.8 Å². The summed E-state index contributed by atoms with van der Waals surface area (Å²) in [5.41, 5.74) is 1.38. The van der Waals surface area contributed by atoms with Gasteiger partial charge in [-0.15, -0.1) is 0 Å². The molecule has 1 aliphatic heterocycles. The Hall–Kier alpha value is -1.47. The van der Waals surface area contributed by atoms with Crippen LogP contribution >= 0.6 is 0 Å². The maximum atomic E-state index is 12.0. The molecule has 0 spiro atoms. The average Bonchev–Trinajstić information content (AvgIpc) is 2.82. The second-order valence-corrected chi connectivity index (χ2v) is 4.83. The number of hydrogen-bond acceptors (Lipinski definition) is 6. The fourth-order valence-corrected chi connectivity index (χ4v) is 2.01. The molecule has 7 nitrogen and oxygen atoms in total. The van der Waals surface area contributed by atoms with Gasteiger partial charge >= 0.3 is 0 Å². The molecule has 0 bridgehead atoms. The van der Waals surface area contributed by atoms with Crippen molar-refractivity contribution in [3.63, 3.8) is 0 Å². The fraction of sp³-hybridized carbons (Fsp3) is 0.750. The third-order valence-corrected chi connectivity index (χ3v) is 3.26. The van der Waals surface area contributed by atoms with Gasteiger partial charge in [0.15, 0.2) is 0 Å². The SMILES string of the molecule is Cc1nonc1CNC(=O)[C@@H](C)CN1CCOCC1. The Morgan fingerprint density at radius 2 is 2.16 bits per heavy atom. The lowest BCUT2D eigenvalue weighted by Crippen LogP contribution is -2.42. The number of carbonyl (C=O) groups excluding carboxylic acids is 1. The van der Waals surface area contributed by atoms with Gasteiger partial charge in [0.25, 0.3) is 0 Å². The summed E-state index contributed by atoms with van der Waals surface area (Å²) in [4.78, 5) is 14.2. The molecule has 2 heterocycles. The minimum Gasteiger partial charge on any atom is -0.379 e. The Morgan fingerprint density at radius 1 is 1.42 bits per heavy atom. The van der Waals surface area contributed by atoms with E-state index in [1.54, 1.807) is 6.92 Å². The normalized spacial score (nSPS) is 18.2. The summed E-state index contributed by atoms with van der Waals surface area (Å²) >= 11 is 0. The zero-order valence-corrected chi connectivity index (χ0v) is 11.4. The van der Waals surface area contributed by atoms with Crippen molar-refractivity contribution >= 4 is 5.91 Å². The van der Waals surface area contributed by atoms with Gasteiger partial charge in [-0.05, 0) is 6.92 Å². The van der Waals surface area contributed by atoms with Gasteiger partial charge in [-0.1, -0.05) is 17.2 Å². The third-order valence-electron chi connectivity index (χ3n) is 3.26. The van der Waals surface area contributed by atoms with E-state index in [4.69, 9.17) is 4.74 Å². The van der Waals surface area contributed by atoms with E-state index in [1.807, 2.05) is 6.92 Å². The van der Waals surface area contributed by atoms with Crippen LogP contribution in [-0.2, 0) is 16.1 Å². The van der Waals surface area contributed by atoms with Crippen LogP contribution in [-0.4, -0.2) is 54.0 Å². The third kappa shape index (κ3) is 4.00. The molecular formula is C12H20N4O3. The van der Waals surface area contributed by atoms with Crippen LogP contribution in [0.25, 0.3) is 0 Å². The lowest BCUT2D eigenvalue weighted by atomic mass is 10.1. The van der Waals surface area contributed by atoms with E-state index in [9.17, 15) is 4.79 Å². The highest BCUT2D eigenvalue weighted by Crippen LogP contribution is 2.05. The molecule has 1 aromatic heterocycles. The molecule has 1 aliphatic rings. The maximum absolute atomic E-state index is 12.0. The number of morpholine rings is 1. The minimum atomic E-state index is -0.0572. The van der Waals surface area contributed by atoms with E-state index in [-0.39, 0.29) is 11.8 Å². The van der Waals surface area contributed by atoms with Crippen molar-refractivity contribution in [3.8, 4) is 0 Å². The Kier molecular flexibility index (Phi) is 4.86. The molecule has 0 saturated carbocycles. The van der Waals surface area contributed by atoms with E-state index in [0.717, 1.165) is 32.8 Å². The standard InChI is InChI=1S/C12H20N4O3/c1-9(8-16-3-5-18-6-4-16)12(17)13-7-11-10(2)14-19-15-11/h9H,3-8H2,1-2H3,(H,13,17)/t9-/m0/s1. The summed E-state index contributed by atoms with van der Waals surface area (Å²) in [7, 11) is 0. The van der Waals surface area contributed by atoms with Crippen LogP contribution in [0.3, 0.4) is 0 Å². The molecule has 0 unspecified atom stereocenters. The lowest BCUT2D eigenvalue weighted by molar-refractivity contribution is -0.125. The number of amides is 1. The van der Waals surface area contributed by atoms with Gasteiger partial charge in [-0.2, -0.15) is 0 Å². The van der Waals surface area contributed by atoms with E-state index in [1.165, 1.54) is 0 Å². The molecule has 1 fully saturated rings. The Bertz CT molecular complexity index is 415. The summed E-state index contributed by atoms with van der Waals surface area (Å²) in [6, 6.07) is 0. The van der Waals surface area contributed by atoms with Crippen molar-refractivity contribution in [2.45, 2.75) is 20.4 Å². The number of rotatable bonds is 5. The first-order valence-electron chi connectivity index (χ1n) is 6.52. The van der Waals surface area contributed by atoms with Gasteiger partial charge in [-0.3, -0.25) is 9.69 Å². The van der Waals surface area contributed by atoms with Crippen molar-refractivity contribution in [1.29, 1.82) is 0 Å². The van der Waals surface area contributed by atoms with Crippen LogP contribution in [0.1, 0.15) is 18.3 Å². The Labute approximate surface area is 112 Å². The first kappa shape index (κ1) is 14.0. The minimum absolute atomic E-state index is 0.0221. The molecule has 0 aromatic carbocycles. The van der Waals surface area contributed by atoms with Crippen LogP contribution in [0.4, 0.5) is 0 Å². The first-order chi connectivity index (χ1) is 9.16. The molecule has 19 heavy (non-hydrogen) atoms. The van der Waals surface area contributed by atoms with Crippen molar-refractivity contribution in [2.75, 3.05) is 32.8 Å². The molecular weight excluding hydrogens is 248 g/mol. The predicted molar refractivity (Wildman–Crippen MR) is 67.3 cm³/mol. The molecule has 1 saturated heterocycles. The highest BCUT2D eigenvalue weighted by atomic mass is 16.6. The summed E-state index contributed by atoms with van der Waals surface area (Å²) < 4.78 is 9.87. The van der Waals surface area contributed by atoms with E-state index in [2.05, 4.69) is 25.2 Å². The second-order valence-electron chi connectivity index (χ2n) is 4.83. The zero-order chi connectivity index (χ0) is 13.7. The molecule has 1 N–H and O–H groups in total. The van der Waals surface area contributed by atoms with Gasteiger partial charge in [-0.25, -0.2) is 4.63 Å². The van der Waals surface area contributed by atoms with Crippen LogP contribution in [0.15, 0.2) is 4.63 Å². The van der Waals surface area contributed by atoms with Crippen molar-refractivity contribution in [3.05, 3.63) is 11.4 Å². The van der Waals surface area contributed by atoms with Gasteiger partial charge in [0.1, 0.15) is 11.4 Å². The number of aromatic nitrogens is 2. The lowest BCUT2D eigenvalue weighted by Gasteiger charge is -2.28. The molecule has 0 aliphatic carbocycles. The average molecular weight is 268 g/mol. The topological polar surface area (TPSA) is 80.5 Å². The molecule has 106 valence electrons. The molecule has 1 atom stereocenters. The Morgan fingerprint density at radius 3 is 2.79 bits per heavy atom. The fourth-order valence-electron chi connectivity index (χ4n) is 2.01. The smallest absolute Gasteiger partial charge is 0.224 e. The molecule has 0 radical (unpaired) electrons. The number of nitrogens with one attached hydrogen (secondary N) is 1. The second kappa shape index (κ2) is 6.63. The first-order valence-corrected chi connectivity index (χ1v) is 6.52. The van der Waals surface area contributed by atoms with Gasteiger partial charge in [0.05, 0.1) is 19.8 Å². The van der Waals surface area contributed by atoms with Gasteiger partial charge in [0, 0.05) is 25.6 Å². The largest absolute Gasteiger partial charge is 0.379 e. The highest BCUT2D eigenvalue weighted by Gasteiger charge is 2.19. The number of nitrogens with zero attached hydrogens (tertiary/aromatic N) is 3. The van der Waals surface area contributed by atoms with E-state index in [0.29, 0.717) is 17.9 Å². The summed E-state index contributed by atoms with van der Waals surface area (Å²) in [5.74, 6) is -0.0350. The highest BCUT2D eigenvalue weighted by molar-refractivity contribution is 5.78. The van der Waals surface area contributed by atoms with Crippen LogP contribution < -0.4 is 5.32 Å². The number of hydrogen-bond donors (Lipinski definition) is 1. The number of carbonyl (C=O) groups is 1. The van der Waals surface area contributed by atoms with E-state index < -0.39 is 0 Å². The summed E-state index contributed by atoms with van der Waals surface area (Å²) in [5, 5.41) is 10.3. The van der Waals surface area contributed by atoms with Gasteiger partial charge in [0.2, 0.25) is 5.91 Å². The number of aryl methyl sites for hydroxylation is 1. The molecule has 2 rings (SSSR count). The number of ether oxygens (including phenoxy) is 1. The predicted octanol–water partition coefficient (Wildman–Crippen LogP) is -0.0375. The maximum Gasteiger partial charge on any atom is 0.224 e. The molecule has 1 amide bonds. The van der Waals surface area contributed by atoms with Crippen LogP contribution in [0.5, 0.6) is 0 Å². The monoisotopic (exact) mass is 268 g/mol. The summed E-state index contributed by atoms with van der Waals surface area (Å²) in [6.07, 6.45) is 0. The van der Waals surface area contributed by atoms with Crippen molar-refractivity contribution in [2.24, 2.45) is 5.92 Å². The summed E-state index contributed by atoms with van der Waals surface area (Å²) in [6.45, 7) is 8.13. The quantitative estimate of drug-likeness (QED) is 0.807. The zero-order valence-electron chi connectivity index (χ0n) is 11.4. The Balaban J connectivity index is 1.74. The molecule has 1 aromatic rings. The van der Waals surface area contributed by atoms with Crippen molar-refractivity contribution < 1.29 is 14.2 Å². The van der Waals surface area contributed by atoms with Crippen LogP contribution in [0.2, 0.25) is 0 Å². The van der Waals surface area contributed by atoms with Crippen molar-refractivity contribution in [1.82, 2.24) is 20.5 Å². The van der Waals surface area contributed by atoms with E-state index >= 15 is 0 Å².